The second-order valence-electron chi connectivity index (χ2n) is 12.2. The van der Waals surface area contributed by atoms with Crippen LogP contribution in [0.15, 0.2) is 12.1 Å². The van der Waals surface area contributed by atoms with Crippen molar-refractivity contribution in [3.05, 3.63) is 28.8 Å². The summed E-state index contributed by atoms with van der Waals surface area (Å²) in [7, 11) is -4.01. The van der Waals surface area contributed by atoms with Crippen LogP contribution in [-0.2, 0) is 35.0 Å². The molecule has 0 saturated heterocycles. The predicted molar refractivity (Wildman–Crippen MR) is 134 cm³/mol. The number of phosphoric ester groups is 1. The number of benzene rings is 1. The van der Waals surface area contributed by atoms with E-state index in [-0.39, 0.29) is 17.8 Å². The van der Waals surface area contributed by atoms with Crippen LogP contribution in [0, 0.1) is 6.92 Å². The lowest BCUT2D eigenvalue weighted by molar-refractivity contribution is -0.153. The molecule has 0 spiro atoms. The van der Waals surface area contributed by atoms with E-state index in [9.17, 15) is 9.36 Å². The number of aryl methyl sites for hydroxylation is 1. The molecular formula is C26H45O6P. The topological polar surface area (TPSA) is 71.1 Å². The SMILES string of the molecule is CCC(C)(C)c1c(CC(=O)OC(C)(C)C)cc(C)cc1OP(=O)(OC(C)(C)C)OC(C)(C)C. The van der Waals surface area contributed by atoms with E-state index >= 15 is 0 Å². The molecule has 0 heterocycles. The van der Waals surface area contributed by atoms with Crippen molar-refractivity contribution in [2.75, 3.05) is 0 Å². The van der Waals surface area contributed by atoms with Gasteiger partial charge in [-0.05, 0) is 98.3 Å². The lowest BCUT2D eigenvalue weighted by atomic mass is 9.78. The normalized spacial score (nSPS) is 13.7. The highest BCUT2D eigenvalue weighted by Gasteiger charge is 2.40. The minimum atomic E-state index is -4.01. The number of ether oxygens (including phenoxy) is 1. The Morgan fingerprint density at radius 1 is 0.848 bits per heavy atom. The van der Waals surface area contributed by atoms with Crippen LogP contribution < -0.4 is 4.52 Å². The summed E-state index contributed by atoms with van der Waals surface area (Å²) in [6.07, 6.45) is 0.858. The first kappa shape index (κ1) is 29.7. The quantitative estimate of drug-likeness (QED) is 0.278. The minimum Gasteiger partial charge on any atom is -0.460 e. The van der Waals surface area contributed by atoms with Crippen molar-refractivity contribution in [3.8, 4) is 5.75 Å². The predicted octanol–water partition coefficient (Wildman–Crippen LogP) is 7.68. The molecule has 1 aromatic rings. The zero-order chi connectivity index (χ0) is 26.0. The van der Waals surface area contributed by atoms with Gasteiger partial charge in [0, 0.05) is 5.56 Å². The summed E-state index contributed by atoms with van der Waals surface area (Å²) in [6.45, 7) is 24.5. The van der Waals surface area contributed by atoms with Gasteiger partial charge in [0.2, 0.25) is 0 Å². The summed E-state index contributed by atoms with van der Waals surface area (Å²) in [5.74, 6) is 0.0736. The van der Waals surface area contributed by atoms with Gasteiger partial charge < -0.3 is 9.26 Å². The van der Waals surface area contributed by atoms with Gasteiger partial charge in [0.25, 0.3) is 0 Å². The summed E-state index contributed by atoms with van der Waals surface area (Å²) < 4.78 is 37.3. The van der Waals surface area contributed by atoms with Crippen molar-refractivity contribution in [1.29, 1.82) is 0 Å². The molecule has 0 aliphatic carbocycles. The average Bonchev–Trinajstić information content (AvgIpc) is 2.47. The zero-order valence-electron chi connectivity index (χ0n) is 23.0. The first-order chi connectivity index (χ1) is 14.6. The number of hydrogen-bond donors (Lipinski definition) is 0. The Morgan fingerprint density at radius 3 is 1.73 bits per heavy atom. The van der Waals surface area contributed by atoms with Crippen LogP contribution in [0.1, 0.15) is 106 Å². The summed E-state index contributed by atoms with van der Waals surface area (Å²) in [6, 6.07) is 3.79. The van der Waals surface area contributed by atoms with E-state index in [0.29, 0.717) is 5.75 Å². The maximum atomic E-state index is 13.9. The van der Waals surface area contributed by atoms with Gasteiger partial charge in [-0.2, -0.15) is 0 Å². The molecule has 1 rings (SSSR count). The first-order valence-electron chi connectivity index (χ1n) is 11.6. The summed E-state index contributed by atoms with van der Waals surface area (Å²) >= 11 is 0. The highest BCUT2D eigenvalue weighted by molar-refractivity contribution is 7.49. The van der Waals surface area contributed by atoms with Crippen molar-refractivity contribution >= 4 is 13.8 Å². The number of rotatable bonds is 8. The van der Waals surface area contributed by atoms with Crippen molar-refractivity contribution in [2.24, 2.45) is 0 Å². The number of phosphoric acid groups is 1. The van der Waals surface area contributed by atoms with Crippen LogP contribution in [0.5, 0.6) is 5.75 Å². The molecule has 0 aromatic heterocycles. The van der Waals surface area contributed by atoms with Crippen LogP contribution in [0.3, 0.4) is 0 Å². The second-order valence-corrected chi connectivity index (χ2v) is 13.7. The Kier molecular flexibility index (Phi) is 9.08. The Morgan fingerprint density at radius 2 is 1.33 bits per heavy atom. The van der Waals surface area contributed by atoms with Gasteiger partial charge in [0.05, 0.1) is 17.6 Å². The third-order valence-corrected chi connectivity index (χ3v) is 6.59. The van der Waals surface area contributed by atoms with Gasteiger partial charge in [-0.1, -0.05) is 26.8 Å². The van der Waals surface area contributed by atoms with Crippen LogP contribution in [0.25, 0.3) is 0 Å². The van der Waals surface area contributed by atoms with Crippen molar-refractivity contribution in [1.82, 2.24) is 0 Å². The fourth-order valence-electron chi connectivity index (χ4n) is 3.36. The van der Waals surface area contributed by atoms with E-state index in [4.69, 9.17) is 18.3 Å². The molecule has 0 unspecified atom stereocenters. The second kappa shape index (κ2) is 10.1. The van der Waals surface area contributed by atoms with Crippen molar-refractivity contribution in [2.45, 2.75) is 125 Å². The maximum Gasteiger partial charge on any atom is 0.531 e. The number of carbonyl (C=O) groups excluding carboxylic acids is 1. The van der Waals surface area contributed by atoms with E-state index in [2.05, 4.69) is 20.8 Å². The Hall–Kier alpha value is -1.36. The Balaban J connectivity index is 3.65. The molecular weight excluding hydrogens is 439 g/mol. The molecule has 0 bridgehead atoms. The standard InChI is InChI=1S/C26H45O6P/c1-14-26(12,13)22-19(17-21(27)29-23(3,4)5)15-18(2)16-20(22)30-33(28,31-24(6,7)8)32-25(9,10)11/h15-16H,14,17H2,1-13H3. The monoisotopic (exact) mass is 484 g/mol. The highest BCUT2D eigenvalue weighted by atomic mass is 31.2. The van der Waals surface area contributed by atoms with Crippen molar-refractivity contribution < 1.29 is 27.7 Å². The smallest absolute Gasteiger partial charge is 0.460 e. The molecule has 0 amide bonds. The molecule has 190 valence electrons. The third kappa shape index (κ3) is 10.2. The fourth-order valence-corrected chi connectivity index (χ4v) is 5.20. The van der Waals surface area contributed by atoms with Crippen molar-refractivity contribution in [3.63, 3.8) is 0 Å². The fraction of sp³-hybridized carbons (Fsp3) is 0.731. The van der Waals surface area contributed by atoms with Gasteiger partial charge in [0.15, 0.2) is 0 Å². The number of carbonyl (C=O) groups is 1. The Labute approximate surface area is 201 Å². The molecule has 0 aliphatic heterocycles. The average molecular weight is 485 g/mol. The van der Waals surface area contributed by atoms with E-state index in [1.807, 2.05) is 39.8 Å². The van der Waals surface area contributed by atoms with Gasteiger partial charge in [-0.3, -0.25) is 13.8 Å². The number of hydrogen-bond acceptors (Lipinski definition) is 6. The lowest BCUT2D eigenvalue weighted by Crippen LogP contribution is -2.28. The molecule has 0 saturated carbocycles. The minimum absolute atomic E-state index is 0.0820. The van der Waals surface area contributed by atoms with Gasteiger partial charge in [-0.25, -0.2) is 4.57 Å². The van der Waals surface area contributed by atoms with Crippen LogP contribution in [0.2, 0.25) is 0 Å². The molecule has 1 aromatic carbocycles. The lowest BCUT2D eigenvalue weighted by Gasteiger charge is -2.34. The van der Waals surface area contributed by atoms with Crippen LogP contribution in [0.4, 0.5) is 0 Å². The molecule has 0 N–H and O–H groups in total. The molecule has 0 fully saturated rings. The van der Waals surface area contributed by atoms with Crippen LogP contribution >= 0.6 is 7.82 Å². The third-order valence-electron chi connectivity index (χ3n) is 4.63. The maximum absolute atomic E-state index is 13.9. The highest BCUT2D eigenvalue weighted by Crippen LogP contribution is 2.57. The van der Waals surface area contributed by atoms with Crippen LogP contribution in [-0.4, -0.2) is 22.8 Å². The number of esters is 1. The first-order valence-corrected chi connectivity index (χ1v) is 13.1. The summed E-state index contributed by atoms with van der Waals surface area (Å²) in [5.41, 5.74) is -0.0147. The molecule has 7 heteroatoms. The Bertz CT molecular complexity index is 862. The summed E-state index contributed by atoms with van der Waals surface area (Å²) in [4.78, 5) is 12.7. The molecule has 0 atom stereocenters. The zero-order valence-corrected chi connectivity index (χ0v) is 23.9. The van der Waals surface area contributed by atoms with E-state index < -0.39 is 24.6 Å². The van der Waals surface area contributed by atoms with Gasteiger partial charge in [-0.15, -0.1) is 0 Å². The van der Waals surface area contributed by atoms with E-state index in [1.165, 1.54) is 0 Å². The van der Waals surface area contributed by atoms with E-state index in [1.54, 1.807) is 41.5 Å². The van der Waals surface area contributed by atoms with Gasteiger partial charge >= 0.3 is 13.8 Å². The molecule has 6 nitrogen and oxygen atoms in total. The molecule has 0 radical (unpaired) electrons. The van der Waals surface area contributed by atoms with Gasteiger partial charge in [0.1, 0.15) is 11.4 Å². The molecule has 0 aliphatic rings. The molecule has 33 heavy (non-hydrogen) atoms. The summed E-state index contributed by atoms with van der Waals surface area (Å²) in [5, 5.41) is 0. The van der Waals surface area contributed by atoms with E-state index in [0.717, 1.165) is 23.1 Å². The largest absolute Gasteiger partial charge is 0.531 e.